The molecule has 1 aromatic heterocycles. The average molecular weight is 443 g/mol. The summed E-state index contributed by atoms with van der Waals surface area (Å²) in [7, 11) is 4.80. The van der Waals surface area contributed by atoms with E-state index in [1.54, 1.807) is 45.8 Å². The zero-order valence-corrected chi connectivity index (χ0v) is 19.0. The summed E-state index contributed by atoms with van der Waals surface area (Å²) in [6.07, 6.45) is 3.26. The molecule has 3 aromatic carbocycles. The number of fused-ring (bicyclic) bond motifs is 1. The van der Waals surface area contributed by atoms with Gasteiger partial charge in [0.1, 0.15) is 22.8 Å². The molecule has 1 N–H and O–H groups in total. The van der Waals surface area contributed by atoms with Crippen molar-refractivity contribution in [2.24, 2.45) is 0 Å². The molecule has 0 atom stereocenters. The van der Waals surface area contributed by atoms with Gasteiger partial charge in [-0.25, -0.2) is 0 Å². The van der Waals surface area contributed by atoms with Crippen LogP contribution in [-0.2, 0) is 4.79 Å². The maximum absolute atomic E-state index is 12.7. The molecule has 168 valence electrons. The number of rotatable bonds is 7. The lowest BCUT2D eigenvalue weighted by molar-refractivity contribution is -0.111. The Morgan fingerprint density at radius 3 is 2.45 bits per heavy atom. The van der Waals surface area contributed by atoms with Crippen molar-refractivity contribution in [2.75, 3.05) is 26.6 Å². The second-order valence-electron chi connectivity index (χ2n) is 7.45. The maximum atomic E-state index is 12.7. The lowest BCUT2D eigenvalue weighted by atomic mass is 9.99. The van der Waals surface area contributed by atoms with E-state index in [-0.39, 0.29) is 5.91 Å². The van der Waals surface area contributed by atoms with E-state index in [0.29, 0.717) is 22.8 Å². The van der Waals surface area contributed by atoms with E-state index in [4.69, 9.17) is 18.6 Å². The predicted molar refractivity (Wildman–Crippen MR) is 130 cm³/mol. The number of methoxy groups -OCH3 is 3. The second-order valence-corrected chi connectivity index (χ2v) is 7.45. The number of amides is 1. The number of nitrogens with one attached hydrogen (secondary N) is 1. The summed E-state index contributed by atoms with van der Waals surface area (Å²) in [6.45, 7) is 1.87. The molecule has 0 aliphatic heterocycles. The molecule has 0 spiro atoms. The van der Waals surface area contributed by atoms with Gasteiger partial charge in [-0.05, 0) is 48.4 Å². The monoisotopic (exact) mass is 443 g/mol. The van der Waals surface area contributed by atoms with E-state index in [1.807, 2.05) is 55.5 Å². The van der Waals surface area contributed by atoms with Gasteiger partial charge in [-0.2, -0.15) is 0 Å². The van der Waals surface area contributed by atoms with Crippen LogP contribution in [0.1, 0.15) is 12.5 Å². The fourth-order valence-corrected chi connectivity index (χ4v) is 3.74. The second kappa shape index (κ2) is 9.53. The minimum absolute atomic E-state index is 0.264. The maximum Gasteiger partial charge on any atom is 0.248 e. The summed E-state index contributed by atoms with van der Waals surface area (Å²) < 4.78 is 22.1. The van der Waals surface area contributed by atoms with Crippen molar-refractivity contribution in [1.29, 1.82) is 0 Å². The van der Waals surface area contributed by atoms with E-state index >= 15 is 0 Å². The van der Waals surface area contributed by atoms with Crippen LogP contribution in [0.15, 0.2) is 77.4 Å². The molecule has 6 heteroatoms. The normalized spacial score (nSPS) is 11.3. The van der Waals surface area contributed by atoms with Gasteiger partial charge < -0.3 is 23.9 Å². The van der Waals surface area contributed by atoms with Crippen LogP contribution in [0, 0.1) is 0 Å². The number of carbonyl (C=O) groups is 1. The summed E-state index contributed by atoms with van der Waals surface area (Å²) in [5.74, 6) is 1.71. The van der Waals surface area contributed by atoms with Crippen molar-refractivity contribution in [2.45, 2.75) is 6.92 Å². The Morgan fingerprint density at radius 1 is 0.909 bits per heavy atom. The van der Waals surface area contributed by atoms with Crippen LogP contribution in [0.3, 0.4) is 0 Å². The lowest BCUT2D eigenvalue weighted by Crippen LogP contribution is -2.09. The van der Waals surface area contributed by atoms with Crippen molar-refractivity contribution in [3.05, 3.63) is 78.6 Å². The van der Waals surface area contributed by atoms with Crippen LogP contribution in [0.25, 0.3) is 27.7 Å². The van der Waals surface area contributed by atoms with E-state index in [0.717, 1.165) is 33.4 Å². The first-order chi connectivity index (χ1) is 16.0. The summed E-state index contributed by atoms with van der Waals surface area (Å²) in [4.78, 5) is 12.7. The van der Waals surface area contributed by atoms with Crippen LogP contribution >= 0.6 is 0 Å². The molecule has 0 saturated carbocycles. The highest BCUT2D eigenvalue weighted by Crippen LogP contribution is 2.38. The molecule has 1 heterocycles. The van der Waals surface area contributed by atoms with Gasteiger partial charge in [-0.15, -0.1) is 0 Å². The highest BCUT2D eigenvalue weighted by molar-refractivity contribution is 6.06. The van der Waals surface area contributed by atoms with Crippen LogP contribution in [-0.4, -0.2) is 27.2 Å². The SMILES string of the molecule is COc1cccc(-c2coc3cc(OC)c(/C(C)=C/C(=O)Nc4ccccc4OC)cc23)c1. The molecule has 1 amide bonds. The quantitative estimate of drug-likeness (QED) is 0.346. The molecule has 0 aliphatic carbocycles. The number of anilines is 1. The van der Waals surface area contributed by atoms with E-state index in [1.165, 1.54) is 0 Å². The van der Waals surface area contributed by atoms with Crippen LogP contribution in [0.2, 0.25) is 0 Å². The van der Waals surface area contributed by atoms with Gasteiger partial charge in [0.05, 0.1) is 33.3 Å². The molecular formula is C27H25NO5. The third kappa shape index (κ3) is 4.55. The van der Waals surface area contributed by atoms with E-state index < -0.39 is 0 Å². The Balaban J connectivity index is 1.72. The van der Waals surface area contributed by atoms with Crippen molar-refractivity contribution < 1.29 is 23.4 Å². The van der Waals surface area contributed by atoms with Crippen LogP contribution in [0.5, 0.6) is 17.2 Å². The number of allylic oxidation sites excluding steroid dienone is 1. The number of hydrogen-bond acceptors (Lipinski definition) is 5. The van der Waals surface area contributed by atoms with Gasteiger partial charge in [-0.1, -0.05) is 24.3 Å². The third-order valence-electron chi connectivity index (χ3n) is 5.41. The molecule has 4 rings (SSSR count). The Kier molecular flexibility index (Phi) is 6.36. The Morgan fingerprint density at radius 2 is 1.70 bits per heavy atom. The molecular weight excluding hydrogens is 418 g/mol. The number of para-hydroxylation sites is 2. The summed E-state index contributed by atoms with van der Waals surface area (Å²) in [5.41, 5.74) is 4.75. The van der Waals surface area contributed by atoms with Gasteiger partial charge in [0, 0.05) is 28.7 Å². The Hall–Kier alpha value is -4.19. The van der Waals surface area contributed by atoms with Gasteiger partial charge in [-0.3, -0.25) is 4.79 Å². The Labute approximate surface area is 192 Å². The molecule has 6 nitrogen and oxygen atoms in total. The first-order valence-corrected chi connectivity index (χ1v) is 10.4. The topological polar surface area (TPSA) is 69.9 Å². The number of hydrogen-bond donors (Lipinski definition) is 1. The number of carbonyl (C=O) groups excluding carboxylic acids is 1. The largest absolute Gasteiger partial charge is 0.497 e. The minimum Gasteiger partial charge on any atom is -0.497 e. The molecule has 0 aliphatic rings. The first kappa shape index (κ1) is 22.0. The summed E-state index contributed by atoms with van der Waals surface area (Å²) >= 11 is 0. The zero-order valence-electron chi connectivity index (χ0n) is 19.0. The van der Waals surface area contributed by atoms with E-state index in [9.17, 15) is 4.79 Å². The van der Waals surface area contributed by atoms with Gasteiger partial charge in [0.25, 0.3) is 0 Å². The smallest absolute Gasteiger partial charge is 0.248 e. The van der Waals surface area contributed by atoms with Crippen molar-refractivity contribution in [3.63, 3.8) is 0 Å². The number of benzene rings is 3. The van der Waals surface area contributed by atoms with Crippen molar-refractivity contribution in [3.8, 4) is 28.4 Å². The fourth-order valence-electron chi connectivity index (χ4n) is 3.74. The van der Waals surface area contributed by atoms with E-state index in [2.05, 4.69) is 5.32 Å². The molecule has 0 unspecified atom stereocenters. The molecule has 4 aromatic rings. The highest BCUT2D eigenvalue weighted by atomic mass is 16.5. The number of ether oxygens (including phenoxy) is 3. The van der Waals surface area contributed by atoms with Gasteiger partial charge in [0.2, 0.25) is 5.91 Å². The summed E-state index contributed by atoms with van der Waals surface area (Å²) in [5, 5.41) is 3.78. The Bertz CT molecular complexity index is 1340. The fraction of sp³-hybridized carbons (Fsp3) is 0.148. The van der Waals surface area contributed by atoms with Gasteiger partial charge >= 0.3 is 0 Å². The van der Waals surface area contributed by atoms with Crippen molar-refractivity contribution >= 4 is 28.1 Å². The molecule has 0 saturated heterocycles. The molecule has 0 bridgehead atoms. The predicted octanol–water partition coefficient (Wildman–Crippen LogP) is 6.17. The molecule has 0 radical (unpaired) electrons. The van der Waals surface area contributed by atoms with Crippen molar-refractivity contribution in [1.82, 2.24) is 0 Å². The minimum atomic E-state index is -0.264. The highest BCUT2D eigenvalue weighted by Gasteiger charge is 2.15. The third-order valence-corrected chi connectivity index (χ3v) is 5.41. The van der Waals surface area contributed by atoms with Gasteiger partial charge in [0.15, 0.2) is 0 Å². The van der Waals surface area contributed by atoms with Crippen LogP contribution in [0.4, 0.5) is 5.69 Å². The zero-order chi connectivity index (χ0) is 23.4. The standard InChI is InChI=1S/C27H25NO5/c1-17(12-27(29)28-23-10-5-6-11-24(23)31-3)20-14-21-22(16-33-26(21)15-25(20)32-4)18-8-7-9-19(13-18)30-2/h5-16H,1-4H3,(H,28,29)/b17-12+. The first-order valence-electron chi connectivity index (χ1n) is 10.4. The van der Waals surface area contributed by atoms with Crippen LogP contribution < -0.4 is 19.5 Å². The molecule has 0 fully saturated rings. The average Bonchev–Trinajstić information content (AvgIpc) is 3.26. The molecule has 33 heavy (non-hydrogen) atoms. The summed E-state index contributed by atoms with van der Waals surface area (Å²) in [6, 6.07) is 18.9. The number of furan rings is 1. The lowest BCUT2D eigenvalue weighted by Gasteiger charge is -2.11.